The summed E-state index contributed by atoms with van der Waals surface area (Å²) in [5.74, 6) is 2.38. The van der Waals surface area contributed by atoms with Gasteiger partial charge in [0.2, 0.25) is 0 Å². The normalized spacial score (nSPS) is 54.3. The largest absolute Gasteiger partial charge is 0.357 e. The standard InChI is InChI=1S/C26H38O4/c1-16(27)26-22(30-26)15-21-19-8-7-17-14-18(29-23-6-4-5-13-28-23)9-11-24(17,2)20(19)10-12-25(21,26)3/h7,18-23H,4-6,8-15H2,1-3H3/t18-,19+,20-,21-,22+,23?,24-,25-,26+/m0/s1. The summed E-state index contributed by atoms with van der Waals surface area (Å²) in [7, 11) is 0. The van der Waals surface area contributed by atoms with Crippen LogP contribution >= 0.6 is 0 Å². The van der Waals surface area contributed by atoms with Crippen LogP contribution in [0.4, 0.5) is 0 Å². The van der Waals surface area contributed by atoms with Crippen molar-refractivity contribution in [1.29, 1.82) is 0 Å². The Labute approximate surface area is 181 Å². The molecule has 6 aliphatic rings. The zero-order valence-electron chi connectivity index (χ0n) is 19.0. The fraction of sp³-hybridized carbons (Fsp3) is 0.885. The van der Waals surface area contributed by atoms with Gasteiger partial charge in [0.25, 0.3) is 0 Å². The molecule has 0 aromatic heterocycles. The number of epoxide rings is 1. The molecule has 4 nitrogen and oxygen atoms in total. The first-order chi connectivity index (χ1) is 14.4. The fourth-order valence-corrected chi connectivity index (χ4v) is 8.84. The van der Waals surface area contributed by atoms with Crippen LogP contribution in [-0.4, -0.2) is 36.5 Å². The summed E-state index contributed by atoms with van der Waals surface area (Å²) in [6.45, 7) is 7.53. The summed E-state index contributed by atoms with van der Waals surface area (Å²) in [5, 5.41) is 0. The summed E-state index contributed by atoms with van der Waals surface area (Å²) in [6, 6.07) is 0. The van der Waals surface area contributed by atoms with E-state index in [9.17, 15) is 4.79 Å². The van der Waals surface area contributed by atoms with Gasteiger partial charge in [-0.15, -0.1) is 0 Å². The first kappa shape index (κ1) is 19.9. The topological polar surface area (TPSA) is 48.1 Å². The van der Waals surface area contributed by atoms with Crippen molar-refractivity contribution in [3.05, 3.63) is 11.6 Å². The van der Waals surface area contributed by atoms with E-state index in [4.69, 9.17) is 14.2 Å². The number of carbonyl (C=O) groups excluding carboxylic acids is 1. The molecule has 0 aromatic carbocycles. The monoisotopic (exact) mass is 414 g/mol. The van der Waals surface area contributed by atoms with Gasteiger partial charge in [0.1, 0.15) is 0 Å². The van der Waals surface area contributed by atoms with Gasteiger partial charge in [-0.25, -0.2) is 0 Å². The Morgan fingerprint density at radius 3 is 2.77 bits per heavy atom. The van der Waals surface area contributed by atoms with Gasteiger partial charge in [-0.2, -0.15) is 0 Å². The minimum Gasteiger partial charge on any atom is -0.357 e. The highest BCUT2D eigenvalue weighted by Crippen LogP contribution is 2.73. The number of fused-ring (bicyclic) bond motifs is 7. The predicted molar refractivity (Wildman–Crippen MR) is 114 cm³/mol. The van der Waals surface area contributed by atoms with Crippen LogP contribution in [0.25, 0.3) is 0 Å². The second-order valence-electron chi connectivity index (χ2n) is 11.6. The van der Waals surface area contributed by atoms with E-state index < -0.39 is 5.60 Å². The third kappa shape index (κ3) is 2.53. The van der Waals surface area contributed by atoms with Crippen LogP contribution < -0.4 is 0 Å². The summed E-state index contributed by atoms with van der Waals surface area (Å²) in [6.07, 6.45) is 14.7. The molecule has 0 bridgehead atoms. The Hall–Kier alpha value is -0.710. The molecule has 1 unspecified atom stereocenters. The van der Waals surface area contributed by atoms with Crippen molar-refractivity contribution in [2.45, 2.75) is 109 Å². The van der Waals surface area contributed by atoms with E-state index >= 15 is 0 Å². The number of carbonyl (C=O) groups is 1. The Kier molecular flexibility index (Phi) is 4.42. The van der Waals surface area contributed by atoms with Crippen LogP contribution in [0, 0.1) is 28.6 Å². The molecule has 0 spiro atoms. The number of allylic oxidation sites excluding steroid dienone is 1. The molecule has 0 radical (unpaired) electrons. The molecule has 2 aliphatic heterocycles. The molecule has 3 saturated carbocycles. The molecular weight excluding hydrogens is 376 g/mol. The fourth-order valence-electron chi connectivity index (χ4n) is 8.84. The molecule has 30 heavy (non-hydrogen) atoms. The molecule has 0 N–H and O–H groups in total. The van der Waals surface area contributed by atoms with Gasteiger partial charge in [0, 0.05) is 12.0 Å². The molecule has 2 heterocycles. The third-order valence-corrected chi connectivity index (χ3v) is 10.5. The van der Waals surface area contributed by atoms with E-state index in [0.717, 1.165) is 44.6 Å². The lowest BCUT2D eigenvalue weighted by atomic mass is 9.47. The molecule has 166 valence electrons. The van der Waals surface area contributed by atoms with Crippen molar-refractivity contribution in [3.8, 4) is 0 Å². The van der Waals surface area contributed by atoms with Gasteiger partial charge < -0.3 is 14.2 Å². The molecule has 0 amide bonds. The Balaban J connectivity index is 1.21. The average molecular weight is 415 g/mol. The minimum atomic E-state index is -0.445. The molecule has 0 aromatic rings. The summed E-state index contributed by atoms with van der Waals surface area (Å²) in [4.78, 5) is 12.6. The van der Waals surface area contributed by atoms with Crippen LogP contribution in [0.2, 0.25) is 0 Å². The van der Waals surface area contributed by atoms with E-state index in [1.54, 1.807) is 12.5 Å². The van der Waals surface area contributed by atoms with E-state index in [1.807, 2.05) is 0 Å². The number of hydrogen-bond donors (Lipinski definition) is 0. The molecule has 2 saturated heterocycles. The molecular formula is C26H38O4. The van der Waals surface area contributed by atoms with E-state index in [1.165, 1.54) is 32.1 Å². The van der Waals surface area contributed by atoms with Crippen molar-refractivity contribution < 1.29 is 19.0 Å². The Morgan fingerprint density at radius 1 is 1.13 bits per heavy atom. The average Bonchev–Trinajstić information content (AvgIpc) is 3.41. The van der Waals surface area contributed by atoms with Crippen molar-refractivity contribution in [1.82, 2.24) is 0 Å². The first-order valence-corrected chi connectivity index (χ1v) is 12.5. The third-order valence-electron chi connectivity index (χ3n) is 10.5. The zero-order chi connectivity index (χ0) is 20.7. The van der Waals surface area contributed by atoms with E-state index in [2.05, 4.69) is 19.9 Å². The molecule has 6 rings (SSSR count). The van der Waals surface area contributed by atoms with Crippen molar-refractivity contribution in [3.63, 3.8) is 0 Å². The van der Waals surface area contributed by atoms with E-state index in [0.29, 0.717) is 23.4 Å². The van der Waals surface area contributed by atoms with Crippen LogP contribution in [-0.2, 0) is 19.0 Å². The minimum absolute atomic E-state index is 0.0217. The van der Waals surface area contributed by atoms with Crippen molar-refractivity contribution >= 4 is 5.78 Å². The van der Waals surface area contributed by atoms with Crippen LogP contribution in [0.15, 0.2) is 11.6 Å². The number of rotatable bonds is 3. The van der Waals surface area contributed by atoms with Gasteiger partial charge >= 0.3 is 0 Å². The quantitative estimate of drug-likeness (QED) is 0.471. The van der Waals surface area contributed by atoms with Gasteiger partial charge in [-0.3, -0.25) is 4.79 Å². The van der Waals surface area contributed by atoms with Gasteiger partial charge in [-0.1, -0.05) is 25.5 Å². The maximum absolute atomic E-state index is 12.6. The number of hydrogen-bond acceptors (Lipinski definition) is 4. The summed E-state index contributed by atoms with van der Waals surface area (Å²) >= 11 is 0. The van der Waals surface area contributed by atoms with Gasteiger partial charge in [0.15, 0.2) is 17.7 Å². The second kappa shape index (κ2) is 6.65. The Bertz CT molecular complexity index is 769. The predicted octanol–water partition coefficient (Wildman–Crippen LogP) is 5.20. The van der Waals surface area contributed by atoms with Crippen LogP contribution in [0.5, 0.6) is 0 Å². The van der Waals surface area contributed by atoms with Gasteiger partial charge in [-0.05, 0) is 94.3 Å². The lowest BCUT2D eigenvalue weighted by molar-refractivity contribution is -0.195. The maximum atomic E-state index is 12.6. The lowest BCUT2D eigenvalue weighted by Crippen LogP contribution is -2.54. The Morgan fingerprint density at radius 2 is 2.00 bits per heavy atom. The van der Waals surface area contributed by atoms with E-state index in [-0.39, 0.29) is 23.6 Å². The number of Topliss-reactive ketones (excluding diaryl/α,β-unsaturated/α-hetero) is 1. The summed E-state index contributed by atoms with van der Waals surface area (Å²) < 4.78 is 18.3. The SMILES string of the molecule is CC(=O)[C@@]12O[C@@H]1C[C@H]1[C@@H]3CC=C4C[C@@H](OC5CCCCO5)CC[C@]4(C)[C@H]3CC[C@@]12C. The molecule has 9 atom stereocenters. The van der Waals surface area contributed by atoms with Crippen LogP contribution in [0.1, 0.15) is 85.0 Å². The zero-order valence-corrected chi connectivity index (χ0v) is 19.0. The first-order valence-electron chi connectivity index (χ1n) is 12.5. The second-order valence-corrected chi connectivity index (χ2v) is 11.6. The molecule has 5 fully saturated rings. The van der Waals surface area contributed by atoms with Crippen molar-refractivity contribution in [2.24, 2.45) is 28.6 Å². The highest BCUT2D eigenvalue weighted by atomic mass is 16.7. The van der Waals surface area contributed by atoms with Crippen molar-refractivity contribution in [2.75, 3.05) is 6.61 Å². The molecule has 4 aliphatic carbocycles. The number of ether oxygens (including phenoxy) is 3. The smallest absolute Gasteiger partial charge is 0.164 e. The maximum Gasteiger partial charge on any atom is 0.164 e. The lowest BCUT2D eigenvalue weighted by Gasteiger charge is -2.58. The van der Waals surface area contributed by atoms with Gasteiger partial charge in [0.05, 0.1) is 12.2 Å². The van der Waals surface area contributed by atoms with Crippen LogP contribution in [0.3, 0.4) is 0 Å². The highest BCUT2D eigenvalue weighted by Gasteiger charge is 2.79. The number of ketones is 1. The molecule has 4 heteroatoms. The highest BCUT2D eigenvalue weighted by molar-refractivity contribution is 5.90. The summed E-state index contributed by atoms with van der Waals surface area (Å²) in [5.41, 5.74) is 1.57.